The zero-order chi connectivity index (χ0) is 20.4. The lowest BCUT2D eigenvalue weighted by Crippen LogP contribution is -2.50. The van der Waals surface area contributed by atoms with Crippen LogP contribution in [0, 0.1) is 5.82 Å². The van der Waals surface area contributed by atoms with Crippen LogP contribution in [0.15, 0.2) is 24.7 Å². The topological polar surface area (TPSA) is 98.8 Å². The Morgan fingerprint density at radius 3 is 3.07 bits per heavy atom. The number of likely N-dealkylation sites (tertiary alicyclic amines) is 1. The molecule has 0 unspecified atom stereocenters. The molecular formula is C19H21ClFN7O. The number of amides is 2. The van der Waals surface area contributed by atoms with Gasteiger partial charge in [-0.3, -0.25) is 0 Å². The Hall–Kier alpha value is -2.94. The molecule has 1 aliphatic rings. The van der Waals surface area contributed by atoms with Crippen LogP contribution in [0.3, 0.4) is 0 Å². The smallest absolute Gasteiger partial charge is 0.317 e. The van der Waals surface area contributed by atoms with E-state index in [0.717, 1.165) is 30.8 Å². The minimum Gasteiger partial charge on any atom is -0.365 e. The molecule has 3 aromatic heterocycles. The SMILES string of the molecule is CNC(=O)N1CCCC[C@@H]1CNc1nc(-c2c[nH]c3ncc(Cl)cc23)ncc1F. The molecule has 8 nitrogen and oxygen atoms in total. The van der Waals surface area contributed by atoms with Gasteiger partial charge in [0.25, 0.3) is 0 Å². The van der Waals surface area contributed by atoms with E-state index in [-0.39, 0.29) is 17.9 Å². The number of piperidine rings is 1. The number of nitrogens with zero attached hydrogens (tertiary/aromatic N) is 4. The second-order valence-electron chi connectivity index (χ2n) is 6.92. The van der Waals surface area contributed by atoms with Gasteiger partial charge in [-0.15, -0.1) is 0 Å². The summed E-state index contributed by atoms with van der Waals surface area (Å²) in [5.41, 5.74) is 1.33. The maximum atomic E-state index is 14.3. The molecular weight excluding hydrogens is 397 g/mol. The number of rotatable bonds is 4. The number of aromatic nitrogens is 4. The maximum Gasteiger partial charge on any atom is 0.317 e. The van der Waals surface area contributed by atoms with E-state index in [2.05, 4.69) is 30.6 Å². The first kappa shape index (κ1) is 19.4. The van der Waals surface area contributed by atoms with Gasteiger partial charge in [0.15, 0.2) is 17.5 Å². The first-order valence-corrected chi connectivity index (χ1v) is 9.82. The Morgan fingerprint density at radius 1 is 1.38 bits per heavy atom. The molecule has 2 amide bonds. The fourth-order valence-electron chi connectivity index (χ4n) is 3.62. The molecule has 0 radical (unpaired) electrons. The second-order valence-corrected chi connectivity index (χ2v) is 7.36. The molecule has 1 fully saturated rings. The van der Waals surface area contributed by atoms with E-state index in [1.807, 2.05) is 0 Å². The summed E-state index contributed by atoms with van der Waals surface area (Å²) in [6.07, 6.45) is 7.25. The molecule has 3 aromatic rings. The van der Waals surface area contributed by atoms with Crippen molar-refractivity contribution < 1.29 is 9.18 Å². The number of halogens is 2. The summed E-state index contributed by atoms with van der Waals surface area (Å²) in [6, 6.07) is 1.61. The van der Waals surface area contributed by atoms with Crippen LogP contribution < -0.4 is 10.6 Å². The molecule has 29 heavy (non-hydrogen) atoms. The summed E-state index contributed by atoms with van der Waals surface area (Å²) in [7, 11) is 1.61. The third-order valence-corrected chi connectivity index (χ3v) is 5.30. The summed E-state index contributed by atoms with van der Waals surface area (Å²) in [5, 5.41) is 6.97. The van der Waals surface area contributed by atoms with Crippen LogP contribution in [0.5, 0.6) is 0 Å². The van der Waals surface area contributed by atoms with Crippen LogP contribution in [0.4, 0.5) is 15.0 Å². The highest BCUT2D eigenvalue weighted by Gasteiger charge is 2.26. The molecule has 3 N–H and O–H groups in total. The molecule has 0 aromatic carbocycles. The molecule has 0 aliphatic carbocycles. The molecule has 0 saturated carbocycles. The number of urea groups is 1. The van der Waals surface area contributed by atoms with E-state index >= 15 is 0 Å². The normalized spacial score (nSPS) is 16.8. The lowest BCUT2D eigenvalue weighted by Gasteiger charge is -2.35. The van der Waals surface area contributed by atoms with Crippen LogP contribution >= 0.6 is 11.6 Å². The van der Waals surface area contributed by atoms with Gasteiger partial charge in [-0.25, -0.2) is 24.1 Å². The highest BCUT2D eigenvalue weighted by Crippen LogP contribution is 2.28. The van der Waals surface area contributed by atoms with Gasteiger partial charge in [0, 0.05) is 43.5 Å². The van der Waals surface area contributed by atoms with Gasteiger partial charge in [0.1, 0.15) is 5.65 Å². The van der Waals surface area contributed by atoms with Crippen molar-refractivity contribution in [2.75, 3.05) is 25.5 Å². The Morgan fingerprint density at radius 2 is 2.24 bits per heavy atom. The minimum atomic E-state index is -0.549. The molecule has 1 aliphatic heterocycles. The zero-order valence-electron chi connectivity index (χ0n) is 15.9. The minimum absolute atomic E-state index is 0.0300. The predicted molar refractivity (Wildman–Crippen MR) is 109 cm³/mol. The van der Waals surface area contributed by atoms with E-state index in [4.69, 9.17) is 11.6 Å². The van der Waals surface area contributed by atoms with Crippen molar-refractivity contribution in [1.82, 2.24) is 30.2 Å². The van der Waals surface area contributed by atoms with Crippen molar-refractivity contribution in [3.8, 4) is 11.4 Å². The number of fused-ring (bicyclic) bond motifs is 1. The van der Waals surface area contributed by atoms with Gasteiger partial charge >= 0.3 is 6.03 Å². The first-order valence-electron chi connectivity index (χ1n) is 9.44. The molecule has 0 bridgehead atoms. The fourth-order valence-corrected chi connectivity index (χ4v) is 3.78. The van der Waals surface area contributed by atoms with E-state index in [0.29, 0.717) is 35.1 Å². The van der Waals surface area contributed by atoms with E-state index < -0.39 is 5.82 Å². The van der Waals surface area contributed by atoms with Gasteiger partial charge in [0.05, 0.1) is 17.3 Å². The molecule has 0 spiro atoms. The number of pyridine rings is 1. The highest BCUT2D eigenvalue weighted by atomic mass is 35.5. The lowest BCUT2D eigenvalue weighted by molar-refractivity contribution is 0.157. The Balaban J connectivity index is 1.57. The first-order chi connectivity index (χ1) is 14.1. The van der Waals surface area contributed by atoms with Gasteiger partial charge in [0.2, 0.25) is 0 Å². The van der Waals surface area contributed by atoms with Gasteiger partial charge in [-0.1, -0.05) is 11.6 Å². The summed E-state index contributed by atoms with van der Waals surface area (Å²) < 4.78 is 14.3. The van der Waals surface area contributed by atoms with Crippen molar-refractivity contribution in [3.63, 3.8) is 0 Å². The fraction of sp³-hybridized carbons (Fsp3) is 0.368. The van der Waals surface area contributed by atoms with Gasteiger partial charge in [-0.2, -0.15) is 0 Å². The molecule has 4 heterocycles. The number of hydrogen-bond donors (Lipinski definition) is 3. The monoisotopic (exact) mass is 417 g/mol. The highest BCUT2D eigenvalue weighted by molar-refractivity contribution is 6.31. The van der Waals surface area contributed by atoms with Crippen LogP contribution in [-0.4, -0.2) is 57.0 Å². The third kappa shape index (κ3) is 3.95. The van der Waals surface area contributed by atoms with E-state index in [1.54, 1.807) is 30.4 Å². The lowest BCUT2D eigenvalue weighted by atomic mass is 10.0. The summed E-state index contributed by atoms with van der Waals surface area (Å²) in [6.45, 7) is 1.09. The van der Waals surface area contributed by atoms with Crippen molar-refractivity contribution in [1.29, 1.82) is 0 Å². The molecule has 1 atom stereocenters. The maximum absolute atomic E-state index is 14.3. The number of hydrogen-bond acceptors (Lipinski definition) is 5. The Kier molecular flexibility index (Phi) is 5.48. The van der Waals surface area contributed by atoms with Crippen LogP contribution in [-0.2, 0) is 0 Å². The number of carbonyl (C=O) groups excluding carboxylic acids is 1. The average molecular weight is 418 g/mol. The summed E-state index contributed by atoms with van der Waals surface area (Å²) in [4.78, 5) is 29.6. The second kappa shape index (κ2) is 8.20. The van der Waals surface area contributed by atoms with Gasteiger partial charge in [-0.05, 0) is 25.3 Å². The van der Waals surface area contributed by atoms with Crippen molar-refractivity contribution in [2.45, 2.75) is 25.3 Å². The molecule has 1 saturated heterocycles. The number of aromatic amines is 1. The van der Waals surface area contributed by atoms with Crippen LogP contribution in [0.1, 0.15) is 19.3 Å². The zero-order valence-corrected chi connectivity index (χ0v) is 16.6. The number of anilines is 1. The quantitative estimate of drug-likeness (QED) is 0.604. The molecule has 4 rings (SSSR count). The number of nitrogens with one attached hydrogen (secondary N) is 3. The largest absolute Gasteiger partial charge is 0.365 e. The predicted octanol–water partition coefficient (Wildman–Crippen LogP) is 3.42. The van der Waals surface area contributed by atoms with E-state index in [1.165, 1.54) is 0 Å². The summed E-state index contributed by atoms with van der Waals surface area (Å²) >= 11 is 6.05. The van der Waals surface area contributed by atoms with E-state index in [9.17, 15) is 9.18 Å². The summed E-state index contributed by atoms with van der Waals surface area (Å²) in [5.74, 6) is -0.0927. The van der Waals surface area contributed by atoms with Crippen molar-refractivity contribution in [3.05, 3.63) is 35.5 Å². The Labute approximate surface area is 171 Å². The van der Waals surface area contributed by atoms with Crippen LogP contribution in [0.25, 0.3) is 22.4 Å². The van der Waals surface area contributed by atoms with Crippen LogP contribution in [0.2, 0.25) is 5.02 Å². The third-order valence-electron chi connectivity index (χ3n) is 5.09. The van der Waals surface area contributed by atoms with Gasteiger partial charge < -0.3 is 20.5 Å². The molecule has 10 heteroatoms. The van der Waals surface area contributed by atoms with Crippen molar-refractivity contribution >= 4 is 34.5 Å². The Bertz CT molecular complexity index is 1040. The average Bonchev–Trinajstić information content (AvgIpc) is 3.16. The number of H-pyrrole nitrogens is 1. The van der Waals surface area contributed by atoms with Crippen molar-refractivity contribution in [2.24, 2.45) is 0 Å². The molecule has 152 valence electrons. The standard InChI is InChI=1S/C19H21ClFN7O/c1-22-19(29)28-5-3-2-4-12(28)8-24-18-15(21)10-26-17(27-18)14-9-25-16-13(14)6-11(20)7-23-16/h6-7,9-10,12H,2-5,8H2,1H3,(H,22,29)(H,23,25)(H,24,26,27)/t12-/m1/s1. The number of carbonyl (C=O) groups is 1.